The van der Waals surface area contributed by atoms with Crippen LogP contribution < -0.4 is 15.4 Å². The van der Waals surface area contributed by atoms with Crippen LogP contribution in [-0.2, 0) is 15.0 Å². The summed E-state index contributed by atoms with van der Waals surface area (Å²) in [6.07, 6.45) is -0.700. The molecule has 2 aromatic carbocycles. The van der Waals surface area contributed by atoms with E-state index in [2.05, 4.69) is 31.4 Å². The van der Waals surface area contributed by atoms with Gasteiger partial charge >= 0.3 is 0 Å². The van der Waals surface area contributed by atoms with Gasteiger partial charge in [-0.2, -0.15) is 0 Å². The number of carbonyl (C=O) groups excluding carboxylic acids is 2. The average Bonchev–Trinajstić information content (AvgIpc) is 2.62. The number of para-hydroxylation sites is 1. The summed E-state index contributed by atoms with van der Waals surface area (Å²) in [5.41, 5.74) is 4.00. The number of benzene rings is 2. The third-order valence-corrected chi connectivity index (χ3v) is 4.57. The van der Waals surface area contributed by atoms with Crippen molar-refractivity contribution in [2.75, 3.05) is 11.9 Å². The molecule has 2 aromatic rings. The SMILES string of the molecule is Cc1cccc(C)c1NC(=O)CNC(=O)C(C)Oc1ccc(C(C)(C)C)cc1. The van der Waals surface area contributed by atoms with Gasteiger partial charge in [0, 0.05) is 5.69 Å². The summed E-state index contributed by atoms with van der Waals surface area (Å²) in [6.45, 7) is 11.8. The predicted octanol–water partition coefficient (Wildman–Crippen LogP) is 4.12. The Morgan fingerprint density at radius 3 is 2.11 bits per heavy atom. The van der Waals surface area contributed by atoms with Crippen molar-refractivity contribution in [3.05, 3.63) is 59.2 Å². The van der Waals surface area contributed by atoms with Crippen LogP contribution in [0.1, 0.15) is 44.4 Å². The third-order valence-electron chi connectivity index (χ3n) is 4.57. The number of carbonyl (C=O) groups is 2. The molecule has 2 N–H and O–H groups in total. The molecule has 0 heterocycles. The van der Waals surface area contributed by atoms with Gasteiger partial charge in [-0.15, -0.1) is 0 Å². The maximum Gasteiger partial charge on any atom is 0.261 e. The summed E-state index contributed by atoms with van der Waals surface area (Å²) in [5, 5.41) is 5.47. The summed E-state index contributed by atoms with van der Waals surface area (Å²) < 4.78 is 5.69. The van der Waals surface area contributed by atoms with Crippen LogP contribution in [0, 0.1) is 13.8 Å². The van der Waals surface area contributed by atoms with Crippen LogP contribution in [-0.4, -0.2) is 24.5 Å². The van der Waals surface area contributed by atoms with Gasteiger partial charge in [0.05, 0.1) is 6.54 Å². The summed E-state index contributed by atoms with van der Waals surface area (Å²) in [7, 11) is 0. The van der Waals surface area contributed by atoms with E-state index < -0.39 is 6.10 Å². The molecule has 0 aromatic heterocycles. The van der Waals surface area contributed by atoms with Gasteiger partial charge in [0.2, 0.25) is 5.91 Å². The predicted molar refractivity (Wildman–Crippen MR) is 113 cm³/mol. The zero-order valence-electron chi connectivity index (χ0n) is 17.6. The molecular weight excluding hydrogens is 352 g/mol. The topological polar surface area (TPSA) is 67.4 Å². The van der Waals surface area contributed by atoms with E-state index in [-0.39, 0.29) is 23.8 Å². The number of nitrogens with one attached hydrogen (secondary N) is 2. The molecule has 1 unspecified atom stereocenters. The van der Waals surface area contributed by atoms with Crippen molar-refractivity contribution in [3.8, 4) is 5.75 Å². The van der Waals surface area contributed by atoms with E-state index in [0.29, 0.717) is 5.75 Å². The van der Waals surface area contributed by atoms with Crippen LogP contribution in [0.25, 0.3) is 0 Å². The fraction of sp³-hybridized carbons (Fsp3) is 0.391. The van der Waals surface area contributed by atoms with E-state index >= 15 is 0 Å². The van der Waals surface area contributed by atoms with Crippen molar-refractivity contribution in [3.63, 3.8) is 0 Å². The molecule has 1 atom stereocenters. The van der Waals surface area contributed by atoms with Crippen molar-refractivity contribution in [2.24, 2.45) is 0 Å². The Labute approximate surface area is 167 Å². The standard InChI is InChI=1S/C23H30N2O3/c1-15-8-7-9-16(2)21(15)25-20(26)14-24-22(27)17(3)28-19-12-10-18(11-13-19)23(4,5)6/h7-13,17H,14H2,1-6H3,(H,24,27)(H,25,26). The molecule has 0 aliphatic heterocycles. The number of ether oxygens (including phenoxy) is 1. The molecule has 5 heteroatoms. The van der Waals surface area contributed by atoms with Crippen LogP contribution in [0.15, 0.2) is 42.5 Å². The number of rotatable bonds is 6. The van der Waals surface area contributed by atoms with Crippen molar-refractivity contribution in [1.82, 2.24) is 5.32 Å². The Morgan fingerprint density at radius 2 is 1.57 bits per heavy atom. The van der Waals surface area contributed by atoms with E-state index in [0.717, 1.165) is 16.8 Å². The van der Waals surface area contributed by atoms with E-state index in [1.807, 2.05) is 56.3 Å². The van der Waals surface area contributed by atoms with Gasteiger partial charge in [-0.25, -0.2) is 0 Å². The van der Waals surface area contributed by atoms with Gasteiger partial charge in [-0.1, -0.05) is 51.1 Å². The molecule has 0 bridgehead atoms. The molecule has 2 rings (SSSR count). The Kier molecular flexibility index (Phi) is 6.84. The lowest BCUT2D eigenvalue weighted by Gasteiger charge is -2.20. The first kappa shape index (κ1) is 21.5. The maximum atomic E-state index is 12.2. The summed E-state index contributed by atoms with van der Waals surface area (Å²) >= 11 is 0. The minimum Gasteiger partial charge on any atom is -0.481 e. The number of aryl methyl sites for hydroxylation is 2. The minimum absolute atomic E-state index is 0.0599. The first-order chi connectivity index (χ1) is 13.1. The molecule has 0 spiro atoms. The van der Waals surface area contributed by atoms with Crippen LogP contribution >= 0.6 is 0 Å². The van der Waals surface area contributed by atoms with E-state index in [1.54, 1.807) is 6.92 Å². The molecule has 0 aliphatic rings. The highest BCUT2D eigenvalue weighted by atomic mass is 16.5. The van der Waals surface area contributed by atoms with E-state index in [4.69, 9.17) is 4.74 Å². The largest absolute Gasteiger partial charge is 0.481 e. The van der Waals surface area contributed by atoms with E-state index in [9.17, 15) is 9.59 Å². The van der Waals surface area contributed by atoms with Crippen LogP contribution in [0.4, 0.5) is 5.69 Å². The second kappa shape index (κ2) is 8.91. The molecule has 2 amide bonds. The molecule has 0 saturated carbocycles. The minimum atomic E-state index is -0.700. The van der Waals surface area contributed by atoms with Gasteiger partial charge in [-0.05, 0) is 55.0 Å². The molecule has 0 radical (unpaired) electrons. The summed E-state index contributed by atoms with van der Waals surface area (Å²) in [4.78, 5) is 24.4. The monoisotopic (exact) mass is 382 g/mol. The fourth-order valence-electron chi connectivity index (χ4n) is 2.80. The van der Waals surface area contributed by atoms with Crippen LogP contribution in [0.2, 0.25) is 0 Å². The first-order valence-corrected chi connectivity index (χ1v) is 9.49. The van der Waals surface area contributed by atoms with E-state index in [1.165, 1.54) is 5.56 Å². The molecule has 0 aliphatic carbocycles. The Hall–Kier alpha value is -2.82. The lowest BCUT2D eigenvalue weighted by Crippen LogP contribution is -2.40. The maximum absolute atomic E-state index is 12.2. The fourth-order valence-corrected chi connectivity index (χ4v) is 2.80. The lowest BCUT2D eigenvalue weighted by atomic mass is 9.87. The summed E-state index contributed by atoms with van der Waals surface area (Å²) in [5.74, 6) is 0.0136. The van der Waals surface area contributed by atoms with Gasteiger partial charge in [-0.3, -0.25) is 9.59 Å². The zero-order chi connectivity index (χ0) is 20.9. The number of anilines is 1. The van der Waals surface area contributed by atoms with Gasteiger partial charge < -0.3 is 15.4 Å². The van der Waals surface area contributed by atoms with Crippen molar-refractivity contribution in [2.45, 2.75) is 53.1 Å². The molecule has 5 nitrogen and oxygen atoms in total. The van der Waals surface area contributed by atoms with Crippen molar-refractivity contribution in [1.29, 1.82) is 0 Å². The molecule has 0 saturated heterocycles. The Bertz CT molecular complexity index is 816. The van der Waals surface area contributed by atoms with Gasteiger partial charge in [0.15, 0.2) is 6.10 Å². The molecule has 0 fully saturated rings. The second-order valence-corrected chi connectivity index (χ2v) is 8.07. The normalized spacial score (nSPS) is 12.2. The highest BCUT2D eigenvalue weighted by Gasteiger charge is 2.17. The average molecular weight is 383 g/mol. The van der Waals surface area contributed by atoms with Crippen LogP contribution in [0.5, 0.6) is 5.75 Å². The number of hydrogen-bond acceptors (Lipinski definition) is 3. The van der Waals surface area contributed by atoms with Crippen LogP contribution in [0.3, 0.4) is 0 Å². The second-order valence-electron chi connectivity index (χ2n) is 8.07. The summed E-state index contributed by atoms with van der Waals surface area (Å²) in [6, 6.07) is 13.5. The van der Waals surface area contributed by atoms with Crippen molar-refractivity contribution >= 4 is 17.5 Å². The van der Waals surface area contributed by atoms with Crippen molar-refractivity contribution < 1.29 is 14.3 Å². The highest BCUT2D eigenvalue weighted by molar-refractivity contribution is 5.96. The smallest absolute Gasteiger partial charge is 0.261 e. The third kappa shape index (κ3) is 5.84. The Morgan fingerprint density at radius 1 is 1.00 bits per heavy atom. The quantitative estimate of drug-likeness (QED) is 0.790. The number of hydrogen-bond donors (Lipinski definition) is 2. The molecule has 150 valence electrons. The molecular formula is C23H30N2O3. The highest BCUT2D eigenvalue weighted by Crippen LogP contribution is 2.24. The lowest BCUT2D eigenvalue weighted by molar-refractivity contribution is -0.129. The zero-order valence-corrected chi connectivity index (χ0v) is 17.6. The Balaban J connectivity index is 1.86. The molecule has 28 heavy (non-hydrogen) atoms. The number of amides is 2. The van der Waals surface area contributed by atoms with Gasteiger partial charge in [0.1, 0.15) is 5.75 Å². The first-order valence-electron chi connectivity index (χ1n) is 9.49. The van der Waals surface area contributed by atoms with Gasteiger partial charge in [0.25, 0.3) is 5.91 Å².